The van der Waals surface area contributed by atoms with Crippen LogP contribution in [0.3, 0.4) is 0 Å². The first-order valence-electron chi connectivity index (χ1n) is 13.4. The summed E-state index contributed by atoms with van der Waals surface area (Å²) in [6, 6.07) is 13.0. The van der Waals surface area contributed by atoms with E-state index in [-0.39, 0.29) is 48.9 Å². The molecule has 1 aromatic heterocycles. The number of hydrogen-bond acceptors (Lipinski definition) is 6. The molecule has 0 fully saturated rings. The highest BCUT2D eigenvalue weighted by Crippen LogP contribution is 2.25. The number of amides is 3. The van der Waals surface area contributed by atoms with Gasteiger partial charge in [0, 0.05) is 45.1 Å². The van der Waals surface area contributed by atoms with Crippen molar-refractivity contribution in [3.8, 4) is 11.4 Å². The van der Waals surface area contributed by atoms with Crippen molar-refractivity contribution in [2.75, 3.05) is 32.3 Å². The molecule has 3 rings (SSSR count). The van der Waals surface area contributed by atoms with Crippen LogP contribution >= 0.6 is 11.6 Å². The number of aromatic nitrogens is 2. The molecule has 0 saturated heterocycles. The van der Waals surface area contributed by atoms with Crippen LogP contribution in [0, 0.1) is 5.41 Å². The van der Waals surface area contributed by atoms with Crippen LogP contribution in [0.25, 0.3) is 5.69 Å². The molecule has 2 aromatic carbocycles. The molecule has 0 radical (unpaired) electrons. The fourth-order valence-corrected chi connectivity index (χ4v) is 4.51. The fourth-order valence-electron chi connectivity index (χ4n) is 4.34. The van der Waals surface area contributed by atoms with Gasteiger partial charge in [-0.2, -0.15) is 13.2 Å². The van der Waals surface area contributed by atoms with Crippen molar-refractivity contribution >= 4 is 35.0 Å². The number of benzene rings is 2. The molecule has 3 aromatic rings. The zero-order valence-electron chi connectivity index (χ0n) is 24.5. The molecule has 44 heavy (non-hydrogen) atoms. The number of carbonyl (C=O) groups excluding carboxylic acids is 3. The Kier molecular flexibility index (Phi) is 11.2. The Labute approximate surface area is 256 Å². The van der Waals surface area contributed by atoms with Crippen LogP contribution in [-0.2, 0) is 27.8 Å². The van der Waals surface area contributed by atoms with Crippen molar-refractivity contribution in [1.29, 1.82) is 0 Å². The average Bonchev–Trinajstić information content (AvgIpc) is 3.18. The lowest BCUT2D eigenvalue weighted by atomic mass is 9.88. The van der Waals surface area contributed by atoms with Gasteiger partial charge in [0.1, 0.15) is 11.4 Å². The standard InChI is InChI=1S/C29H33ClF3N5O6/c1-28(2,16-35-25(40)20-14-18(30)10-11-22(20)44-17-43-4)15-23(39)36-24-21(12-13-34-27(42)29(31,32)33)37(3)38(26(24)41)19-8-6-5-7-9-19/h5-11,14H,12-13,15-17H2,1-4H3,(H,34,42)(H,35,40)(H,36,39). The maximum Gasteiger partial charge on any atom is 0.471 e. The van der Waals surface area contributed by atoms with Crippen molar-refractivity contribution in [3.05, 3.63) is 75.2 Å². The van der Waals surface area contributed by atoms with E-state index in [1.54, 1.807) is 55.6 Å². The second kappa shape index (κ2) is 14.4. The van der Waals surface area contributed by atoms with Gasteiger partial charge in [-0.25, -0.2) is 4.68 Å². The van der Waals surface area contributed by atoms with Gasteiger partial charge in [0.15, 0.2) is 6.79 Å². The van der Waals surface area contributed by atoms with Gasteiger partial charge in [-0.3, -0.25) is 23.9 Å². The van der Waals surface area contributed by atoms with Crippen LogP contribution in [0.4, 0.5) is 18.9 Å². The van der Waals surface area contributed by atoms with Gasteiger partial charge < -0.3 is 25.4 Å². The number of para-hydroxylation sites is 1. The van der Waals surface area contributed by atoms with E-state index in [0.717, 1.165) is 0 Å². The lowest BCUT2D eigenvalue weighted by molar-refractivity contribution is -0.173. The van der Waals surface area contributed by atoms with Crippen molar-refractivity contribution in [2.24, 2.45) is 12.5 Å². The van der Waals surface area contributed by atoms with E-state index in [4.69, 9.17) is 21.1 Å². The largest absolute Gasteiger partial charge is 0.471 e. The number of alkyl halides is 3. The quantitative estimate of drug-likeness (QED) is 0.244. The highest BCUT2D eigenvalue weighted by atomic mass is 35.5. The molecule has 0 atom stereocenters. The summed E-state index contributed by atoms with van der Waals surface area (Å²) < 4.78 is 51.0. The summed E-state index contributed by atoms with van der Waals surface area (Å²) in [5.41, 5.74) is -0.729. The average molecular weight is 640 g/mol. The molecule has 0 aliphatic heterocycles. The van der Waals surface area contributed by atoms with Crippen LogP contribution in [0.5, 0.6) is 5.75 Å². The van der Waals surface area contributed by atoms with Crippen LogP contribution < -0.4 is 26.2 Å². The Hall–Kier alpha value is -4.30. The maximum atomic E-state index is 13.4. The molecule has 0 aliphatic carbocycles. The number of hydrogen-bond donors (Lipinski definition) is 3. The molecule has 1 heterocycles. The van der Waals surface area contributed by atoms with Crippen LogP contribution in [0.1, 0.15) is 36.3 Å². The molecule has 15 heteroatoms. The zero-order chi connectivity index (χ0) is 32.7. The highest BCUT2D eigenvalue weighted by molar-refractivity contribution is 6.31. The topological polar surface area (TPSA) is 133 Å². The van der Waals surface area contributed by atoms with Gasteiger partial charge in [-0.15, -0.1) is 0 Å². The molecule has 0 aliphatic rings. The summed E-state index contributed by atoms with van der Waals surface area (Å²) in [6.07, 6.45) is -5.39. The summed E-state index contributed by atoms with van der Waals surface area (Å²) in [5, 5.41) is 7.46. The summed E-state index contributed by atoms with van der Waals surface area (Å²) in [7, 11) is 2.95. The van der Waals surface area contributed by atoms with E-state index >= 15 is 0 Å². The first kappa shape index (κ1) is 34.2. The summed E-state index contributed by atoms with van der Waals surface area (Å²) in [5.74, 6) is -2.93. The Morgan fingerprint density at radius 2 is 1.70 bits per heavy atom. The Bertz CT molecular complexity index is 1550. The normalized spacial score (nSPS) is 11.6. The van der Waals surface area contributed by atoms with E-state index in [2.05, 4.69) is 10.6 Å². The van der Waals surface area contributed by atoms with Crippen molar-refractivity contribution in [2.45, 2.75) is 32.9 Å². The highest BCUT2D eigenvalue weighted by Gasteiger charge is 2.38. The van der Waals surface area contributed by atoms with Gasteiger partial charge in [0.05, 0.1) is 16.9 Å². The monoisotopic (exact) mass is 639 g/mol. The third-order valence-electron chi connectivity index (χ3n) is 6.44. The number of nitrogens with one attached hydrogen (secondary N) is 3. The summed E-state index contributed by atoms with van der Waals surface area (Å²) >= 11 is 6.06. The van der Waals surface area contributed by atoms with Gasteiger partial charge >= 0.3 is 12.1 Å². The molecule has 0 spiro atoms. The predicted molar refractivity (Wildman–Crippen MR) is 157 cm³/mol. The minimum Gasteiger partial charge on any atom is -0.467 e. The first-order chi connectivity index (χ1) is 20.6. The number of methoxy groups -OCH3 is 1. The number of halogens is 4. The fraction of sp³-hybridized carbons (Fsp3) is 0.379. The van der Waals surface area contributed by atoms with Crippen LogP contribution in [-0.4, -0.2) is 60.3 Å². The van der Waals surface area contributed by atoms with E-state index in [9.17, 15) is 32.3 Å². The second-order valence-corrected chi connectivity index (χ2v) is 11.0. The number of carbonyl (C=O) groups is 3. The third-order valence-corrected chi connectivity index (χ3v) is 6.68. The van der Waals surface area contributed by atoms with Crippen molar-refractivity contribution in [3.63, 3.8) is 0 Å². The molecule has 0 unspecified atom stereocenters. The minimum atomic E-state index is -5.06. The van der Waals surface area contributed by atoms with Gasteiger partial charge in [-0.05, 0) is 35.7 Å². The molecule has 0 saturated carbocycles. The summed E-state index contributed by atoms with van der Waals surface area (Å²) in [4.78, 5) is 50.9. The Morgan fingerprint density at radius 1 is 1.02 bits per heavy atom. The van der Waals surface area contributed by atoms with Crippen LogP contribution in [0.2, 0.25) is 5.02 Å². The predicted octanol–water partition coefficient (Wildman–Crippen LogP) is 3.82. The van der Waals surface area contributed by atoms with Crippen molar-refractivity contribution < 1.29 is 37.0 Å². The molecular formula is C29H33ClF3N5O6. The molecule has 3 N–H and O–H groups in total. The Morgan fingerprint density at radius 3 is 2.34 bits per heavy atom. The number of nitrogens with zero attached hydrogens (tertiary/aromatic N) is 2. The maximum absolute atomic E-state index is 13.4. The number of anilines is 1. The molecule has 3 amide bonds. The third kappa shape index (κ3) is 8.86. The molecular weight excluding hydrogens is 607 g/mol. The molecule has 11 nitrogen and oxygen atoms in total. The Balaban J connectivity index is 1.77. The lowest BCUT2D eigenvalue weighted by Gasteiger charge is -2.24. The molecule has 0 bridgehead atoms. The van der Waals surface area contributed by atoms with Crippen LogP contribution in [0.15, 0.2) is 53.3 Å². The zero-order valence-corrected chi connectivity index (χ0v) is 25.3. The van der Waals surface area contributed by atoms with Gasteiger partial charge in [0.2, 0.25) is 5.91 Å². The lowest BCUT2D eigenvalue weighted by Crippen LogP contribution is -2.38. The minimum absolute atomic E-state index is 0.0504. The molecule has 238 valence electrons. The smallest absolute Gasteiger partial charge is 0.467 e. The summed E-state index contributed by atoms with van der Waals surface area (Å²) in [6.45, 7) is 2.98. The second-order valence-electron chi connectivity index (χ2n) is 10.6. The first-order valence-corrected chi connectivity index (χ1v) is 13.7. The number of ether oxygens (including phenoxy) is 2. The number of rotatable bonds is 13. The van der Waals surface area contributed by atoms with E-state index in [1.165, 1.54) is 35.7 Å². The van der Waals surface area contributed by atoms with Crippen molar-refractivity contribution in [1.82, 2.24) is 20.0 Å². The van der Waals surface area contributed by atoms with Gasteiger partial charge in [0.25, 0.3) is 11.5 Å². The van der Waals surface area contributed by atoms with E-state index in [0.29, 0.717) is 10.7 Å². The van der Waals surface area contributed by atoms with E-state index in [1.807, 2.05) is 0 Å². The van der Waals surface area contributed by atoms with E-state index < -0.39 is 41.4 Å². The SMILES string of the molecule is COCOc1ccc(Cl)cc1C(=O)NCC(C)(C)CC(=O)Nc1c(CCNC(=O)C(F)(F)F)n(C)n(-c2ccccc2)c1=O. The van der Waals surface area contributed by atoms with Gasteiger partial charge in [-0.1, -0.05) is 43.6 Å².